The molecule has 0 aliphatic carbocycles. The van der Waals surface area contributed by atoms with E-state index in [0.717, 1.165) is 11.1 Å². The van der Waals surface area contributed by atoms with Gasteiger partial charge in [-0.1, -0.05) is 35.9 Å². The number of hydrogen-bond acceptors (Lipinski definition) is 4. The second-order valence-corrected chi connectivity index (χ2v) is 8.60. The van der Waals surface area contributed by atoms with E-state index in [9.17, 15) is 12.8 Å². The first kappa shape index (κ1) is 18.7. The number of rotatable bonds is 4. The molecule has 2 aromatic rings. The Balaban J connectivity index is 1.56. The SMILES string of the molecule is O=S1(=O)CCN2C=C(Cl)C=C(c3ccc(OCc4cccc(F)c4)cc3)C2=N1. The van der Waals surface area contributed by atoms with Crippen LogP contribution in [0.1, 0.15) is 11.1 Å². The maximum Gasteiger partial charge on any atom is 0.256 e. The van der Waals surface area contributed by atoms with Gasteiger partial charge in [0.1, 0.15) is 18.2 Å². The predicted molar refractivity (Wildman–Crippen MR) is 107 cm³/mol. The van der Waals surface area contributed by atoms with Gasteiger partial charge in [0.25, 0.3) is 10.0 Å². The van der Waals surface area contributed by atoms with Crippen molar-refractivity contribution in [1.29, 1.82) is 0 Å². The van der Waals surface area contributed by atoms with E-state index < -0.39 is 10.0 Å². The standard InChI is InChI=1S/C20H16ClFN2O3S/c21-16-11-19(20-23-28(25,26)9-8-24(20)12-16)15-4-6-18(7-5-15)27-13-14-2-1-3-17(22)10-14/h1-7,10-12H,8-9,13H2. The summed E-state index contributed by atoms with van der Waals surface area (Å²) in [5.74, 6) is 0.626. The number of halogens is 2. The van der Waals surface area contributed by atoms with Gasteiger partial charge in [-0.25, -0.2) is 12.8 Å². The summed E-state index contributed by atoms with van der Waals surface area (Å²) in [7, 11) is -3.48. The molecule has 2 aliphatic rings. The van der Waals surface area contributed by atoms with E-state index in [1.807, 2.05) is 12.1 Å². The van der Waals surface area contributed by atoms with Gasteiger partial charge >= 0.3 is 0 Å². The first-order chi connectivity index (χ1) is 13.4. The molecule has 0 unspecified atom stereocenters. The fourth-order valence-corrected chi connectivity index (χ4v) is 4.22. The van der Waals surface area contributed by atoms with E-state index in [1.165, 1.54) is 12.1 Å². The Kier molecular flexibility index (Phi) is 4.95. The van der Waals surface area contributed by atoms with E-state index in [0.29, 0.717) is 28.7 Å². The minimum Gasteiger partial charge on any atom is -0.489 e. The second-order valence-electron chi connectivity index (χ2n) is 6.41. The maximum atomic E-state index is 13.2. The van der Waals surface area contributed by atoms with Crippen LogP contribution < -0.4 is 4.74 Å². The Hall–Kier alpha value is -2.64. The Morgan fingerprint density at radius 2 is 1.96 bits per heavy atom. The molecule has 0 N–H and O–H groups in total. The van der Waals surface area contributed by atoms with Gasteiger partial charge in [0, 0.05) is 18.3 Å². The monoisotopic (exact) mass is 418 g/mol. The average Bonchev–Trinajstić information content (AvgIpc) is 2.66. The van der Waals surface area contributed by atoms with Crippen LogP contribution in [0.5, 0.6) is 5.75 Å². The molecule has 2 aliphatic heterocycles. The van der Waals surface area contributed by atoms with Crippen molar-refractivity contribution in [1.82, 2.24) is 4.90 Å². The Morgan fingerprint density at radius 3 is 2.71 bits per heavy atom. The van der Waals surface area contributed by atoms with Crippen LogP contribution in [0.15, 0.2) is 70.2 Å². The summed E-state index contributed by atoms with van der Waals surface area (Å²) in [5, 5.41) is 0.500. The summed E-state index contributed by atoms with van der Waals surface area (Å²) in [6.45, 7) is 0.552. The summed E-state index contributed by atoms with van der Waals surface area (Å²) in [6, 6.07) is 13.4. The lowest BCUT2D eigenvalue weighted by molar-refractivity contribution is 0.305. The van der Waals surface area contributed by atoms with Gasteiger partial charge in [0.15, 0.2) is 5.84 Å². The number of hydrogen-bond donors (Lipinski definition) is 0. The third-order valence-corrected chi connectivity index (χ3v) is 5.71. The van der Waals surface area contributed by atoms with E-state index in [1.54, 1.807) is 41.4 Å². The molecular weight excluding hydrogens is 403 g/mol. The lowest BCUT2D eigenvalue weighted by Gasteiger charge is -2.30. The molecular formula is C20H16ClFN2O3S. The van der Waals surface area contributed by atoms with Gasteiger partial charge < -0.3 is 9.64 Å². The minimum absolute atomic E-state index is 0.0443. The summed E-state index contributed by atoms with van der Waals surface area (Å²) in [6.07, 6.45) is 3.37. The fourth-order valence-electron chi connectivity index (χ4n) is 3.00. The summed E-state index contributed by atoms with van der Waals surface area (Å²) in [4.78, 5) is 1.74. The first-order valence-electron chi connectivity index (χ1n) is 8.56. The van der Waals surface area contributed by atoms with Gasteiger partial charge in [-0.15, -0.1) is 4.40 Å². The second kappa shape index (κ2) is 7.41. The molecule has 144 valence electrons. The summed E-state index contributed by atoms with van der Waals surface area (Å²) >= 11 is 6.20. The Bertz CT molecular complexity index is 1110. The molecule has 8 heteroatoms. The normalized spacial score (nSPS) is 17.9. The van der Waals surface area contributed by atoms with Crippen LogP contribution in [-0.4, -0.2) is 31.5 Å². The van der Waals surface area contributed by atoms with Crippen molar-refractivity contribution >= 4 is 33.0 Å². The van der Waals surface area contributed by atoms with Crippen LogP contribution in [0.25, 0.3) is 5.57 Å². The number of sulfonamides is 1. The van der Waals surface area contributed by atoms with E-state index in [2.05, 4.69) is 4.40 Å². The van der Waals surface area contributed by atoms with Crippen LogP contribution in [0, 0.1) is 5.82 Å². The number of allylic oxidation sites excluding steroid dienone is 2. The van der Waals surface area contributed by atoms with Crippen LogP contribution in [0.3, 0.4) is 0 Å². The highest BCUT2D eigenvalue weighted by atomic mass is 35.5. The van der Waals surface area contributed by atoms with Crippen LogP contribution in [-0.2, 0) is 16.6 Å². The molecule has 0 saturated heterocycles. The van der Waals surface area contributed by atoms with Gasteiger partial charge in [-0.2, -0.15) is 0 Å². The van der Waals surface area contributed by atoms with Crippen LogP contribution in [0.4, 0.5) is 4.39 Å². The molecule has 4 rings (SSSR count). The molecule has 5 nitrogen and oxygen atoms in total. The number of ether oxygens (including phenoxy) is 1. The molecule has 2 aromatic carbocycles. The Morgan fingerprint density at radius 1 is 1.18 bits per heavy atom. The van der Waals surface area contributed by atoms with E-state index >= 15 is 0 Å². The molecule has 0 bridgehead atoms. The number of amidine groups is 1. The number of nitrogens with zero attached hydrogens (tertiary/aromatic N) is 2. The third kappa shape index (κ3) is 4.10. The van der Waals surface area contributed by atoms with Crippen molar-refractivity contribution in [3.63, 3.8) is 0 Å². The molecule has 0 radical (unpaired) electrons. The Labute approximate surface area is 167 Å². The zero-order valence-electron chi connectivity index (χ0n) is 14.7. The molecule has 0 amide bonds. The quantitative estimate of drug-likeness (QED) is 0.755. The zero-order chi connectivity index (χ0) is 19.7. The van der Waals surface area contributed by atoms with E-state index in [4.69, 9.17) is 16.3 Å². The molecule has 0 aromatic heterocycles. The first-order valence-corrected chi connectivity index (χ1v) is 10.5. The average molecular weight is 419 g/mol. The molecule has 28 heavy (non-hydrogen) atoms. The molecule has 0 fully saturated rings. The largest absolute Gasteiger partial charge is 0.489 e. The van der Waals surface area contributed by atoms with Crippen molar-refractivity contribution in [2.45, 2.75) is 6.61 Å². The summed E-state index contributed by atoms with van der Waals surface area (Å²) < 4.78 is 46.7. The van der Waals surface area contributed by atoms with Gasteiger partial charge in [0.05, 0.1) is 10.8 Å². The summed E-state index contributed by atoms with van der Waals surface area (Å²) in [5.41, 5.74) is 2.13. The topological polar surface area (TPSA) is 59.0 Å². The van der Waals surface area contributed by atoms with Crippen molar-refractivity contribution in [3.05, 3.63) is 82.8 Å². The molecule has 0 saturated carbocycles. The lowest BCUT2D eigenvalue weighted by Crippen LogP contribution is -2.38. The van der Waals surface area contributed by atoms with Crippen LogP contribution in [0.2, 0.25) is 0 Å². The highest BCUT2D eigenvalue weighted by Crippen LogP contribution is 2.30. The predicted octanol–water partition coefficient (Wildman–Crippen LogP) is 3.93. The van der Waals surface area contributed by atoms with Crippen molar-refractivity contribution < 1.29 is 17.5 Å². The molecule has 2 heterocycles. The maximum absolute atomic E-state index is 13.2. The number of benzene rings is 2. The molecule has 0 spiro atoms. The molecule has 0 atom stereocenters. The van der Waals surface area contributed by atoms with Gasteiger partial charge in [0.2, 0.25) is 0 Å². The van der Waals surface area contributed by atoms with Gasteiger partial charge in [-0.3, -0.25) is 0 Å². The third-order valence-electron chi connectivity index (χ3n) is 4.35. The fraction of sp³-hybridized carbons (Fsp3) is 0.150. The highest BCUT2D eigenvalue weighted by molar-refractivity contribution is 7.90. The smallest absolute Gasteiger partial charge is 0.256 e. The minimum atomic E-state index is -3.48. The number of fused-ring (bicyclic) bond motifs is 1. The van der Waals surface area contributed by atoms with Crippen molar-refractivity contribution in [2.24, 2.45) is 4.40 Å². The van der Waals surface area contributed by atoms with Crippen LogP contribution >= 0.6 is 11.6 Å². The van der Waals surface area contributed by atoms with E-state index in [-0.39, 0.29) is 18.2 Å². The highest BCUT2D eigenvalue weighted by Gasteiger charge is 2.28. The van der Waals surface area contributed by atoms with Crippen molar-refractivity contribution in [3.8, 4) is 5.75 Å². The van der Waals surface area contributed by atoms with Gasteiger partial charge in [-0.05, 0) is 41.5 Å². The lowest BCUT2D eigenvalue weighted by atomic mass is 10.0. The van der Waals surface area contributed by atoms with Crippen molar-refractivity contribution in [2.75, 3.05) is 12.3 Å². The zero-order valence-corrected chi connectivity index (χ0v) is 16.3.